The van der Waals surface area contributed by atoms with Gasteiger partial charge in [0.1, 0.15) is 0 Å². The zero-order valence-electron chi connectivity index (χ0n) is 10.4. The Hall–Kier alpha value is -0.860. The van der Waals surface area contributed by atoms with Gasteiger partial charge in [0.2, 0.25) is 0 Å². The van der Waals surface area contributed by atoms with Crippen LogP contribution < -0.4 is 5.73 Å². The first-order valence-electron chi connectivity index (χ1n) is 6.86. The van der Waals surface area contributed by atoms with Crippen LogP contribution in [0.1, 0.15) is 24.8 Å². The summed E-state index contributed by atoms with van der Waals surface area (Å²) in [5, 5.41) is 0. The average molecular weight is 230 g/mol. The number of hydrogen-bond donors (Lipinski definition) is 1. The van der Waals surface area contributed by atoms with Gasteiger partial charge in [-0.3, -0.25) is 4.90 Å². The molecule has 17 heavy (non-hydrogen) atoms. The molecular formula is C15H22N2. The molecule has 1 aliphatic carbocycles. The van der Waals surface area contributed by atoms with Crippen molar-refractivity contribution in [3.05, 3.63) is 35.9 Å². The molecule has 1 heterocycles. The van der Waals surface area contributed by atoms with Gasteiger partial charge in [-0.15, -0.1) is 0 Å². The van der Waals surface area contributed by atoms with Crippen molar-refractivity contribution in [1.82, 2.24) is 4.90 Å². The van der Waals surface area contributed by atoms with E-state index >= 15 is 0 Å². The first-order valence-corrected chi connectivity index (χ1v) is 6.86. The number of hydrogen-bond acceptors (Lipinski definition) is 2. The standard InChI is InChI=1S/C15H22N2/c16-10-15(8-12-4-2-1-3-5-12)17-11-13-6-7-14(17)9-13/h1-5,13-15H,6-11,16H2. The van der Waals surface area contributed by atoms with Gasteiger partial charge in [0.05, 0.1) is 0 Å². The Kier molecular flexibility index (Phi) is 3.17. The molecular weight excluding hydrogens is 208 g/mol. The summed E-state index contributed by atoms with van der Waals surface area (Å²) in [4.78, 5) is 2.68. The number of fused-ring (bicyclic) bond motifs is 2. The van der Waals surface area contributed by atoms with Crippen molar-refractivity contribution in [3.63, 3.8) is 0 Å². The van der Waals surface area contributed by atoms with Gasteiger partial charge in [0, 0.05) is 25.2 Å². The highest BCUT2D eigenvalue weighted by molar-refractivity contribution is 5.16. The minimum absolute atomic E-state index is 0.549. The molecule has 0 amide bonds. The molecule has 2 aliphatic rings. The van der Waals surface area contributed by atoms with Crippen molar-refractivity contribution in [2.75, 3.05) is 13.1 Å². The van der Waals surface area contributed by atoms with Crippen molar-refractivity contribution in [3.8, 4) is 0 Å². The van der Waals surface area contributed by atoms with Crippen molar-refractivity contribution in [2.24, 2.45) is 11.7 Å². The second kappa shape index (κ2) is 4.79. The molecule has 3 atom stereocenters. The maximum Gasteiger partial charge on any atom is 0.0261 e. The van der Waals surface area contributed by atoms with E-state index in [-0.39, 0.29) is 0 Å². The van der Waals surface area contributed by atoms with Crippen LogP contribution in [0.2, 0.25) is 0 Å². The van der Waals surface area contributed by atoms with E-state index in [9.17, 15) is 0 Å². The minimum Gasteiger partial charge on any atom is -0.329 e. The minimum atomic E-state index is 0.549. The van der Waals surface area contributed by atoms with Crippen LogP contribution in [0.5, 0.6) is 0 Å². The van der Waals surface area contributed by atoms with Gasteiger partial charge in [0.25, 0.3) is 0 Å². The molecule has 2 fully saturated rings. The fourth-order valence-corrected chi connectivity index (χ4v) is 3.63. The third-order valence-corrected chi connectivity index (χ3v) is 4.51. The van der Waals surface area contributed by atoms with Crippen molar-refractivity contribution >= 4 is 0 Å². The molecule has 2 bridgehead atoms. The molecule has 1 aromatic rings. The third kappa shape index (κ3) is 2.24. The van der Waals surface area contributed by atoms with Gasteiger partial charge in [-0.25, -0.2) is 0 Å². The Labute approximate surface area is 104 Å². The van der Waals surface area contributed by atoms with Gasteiger partial charge in [-0.2, -0.15) is 0 Å². The SMILES string of the molecule is NCC(Cc1ccccc1)N1CC2CCC1C2. The molecule has 0 aromatic heterocycles. The van der Waals surface area contributed by atoms with Gasteiger partial charge in [-0.05, 0) is 37.2 Å². The number of benzene rings is 1. The molecule has 0 radical (unpaired) electrons. The van der Waals surface area contributed by atoms with E-state index in [1.54, 1.807) is 0 Å². The number of nitrogens with zero attached hydrogens (tertiary/aromatic N) is 1. The lowest BCUT2D eigenvalue weighted by Gasteiger charge is -2.34. The third-order valence-electron chi connectivity index (χ3n) is 4.51. The lowest BCUT2D eigenvalue weighted by atomic mass is 10.0. The summed E-state index contributed by atoms with van der Waals surface area (Å²) < 4.78 is 0. The van der Waals surface area contributed by atoms with E-state index in [0.29, 0.717) is 6.04 Å². The van der Waals surface area contributed by atoms with E-state index in [1.165, 1.54) is 31.4 Å². The quantitative estimate of drug-likeness (QED) is 0.857. The van der Waals surface area contributed by atoms with Crippen LogP contribution in [0.4, 0.5) is 0 Å². The summed E-state index contributed by atoms with van der Waals surface area (Å²) in [5.74, 6) is 0.963. The second-order valence-electron chi connectivity index (χ2n) is 5.61. The molecule has 1 saturated carbocycles. The molecule has 1 saturated heterocycles. The van der Waals surface area contributed by atoms with E-state index in [0.717, 1.165) is 24.9 Å². The predicted molar refractivity (Wildman–Crippen MR) is 70.8 cm³/mol. The maximum absolute atomic E-state index is 5.99. The van der Waals surface area contributed by atoms with E-state index < -0.39 is 0 Å². The lowest BCUT2D eigenvalue weighted by molar-refractivity contribution is 0.151. The fourth-order valence-electron chi connectivity index (χ4n) is 3.63. The Bertz CT molecular complexity index is 362. The summed E-state index contributed by atoms with van der Waals surface area (Å²) >= 11 is 0. The molecule has 2 nitrogen and oxygen atoms in total. The second-order valence-corrected chi connectivity index (χ2v) is 5.61. The van der Waals surface area contributed by atoms with E-state index in [1.807, 2.05) is 0 Å². The predicted octanol–water partition coefficient (Wildman–Crippen LogP) is 2.04. The van der Waals surface area contributed by atoms with Crippen LogP contribution in [-0.4, -0.2) is 30.1 Å². The number of likely N-dealkylation sites (tertiary alicyclic amines) is 1. The zero-order valence-corrected chi connectivity index (χ0v) is 10.4. The van der Waals surface area contributed by atoms with Gasteiger partial charge < -0.3 is 5.73 Å². The van der Waals surface area contributed by atoms with Crippen molar-refractivity contribution < 1.29 is 0 Å². The number of piperidine rings is 1. The van der Waals surface area contributed by atoms with Crippen LogP contribution in [0, 0.1) is 5.92 Å². The monoisotopic (exact) mass is 230 g/mol. The van der Waals surface area contributed by atoms with E-state index in [2.05, 4.69) is 35.2 Å². The van der Waals surface area contributed by atoms with Crippen LogP contribution in [0.25, 0.3) is 0 Å². The number of rotatable bonds is 4. The first kappa shape index (κ1) is 11.2. The summed E-state index contributed by atoms with van der Waals surface area (Å²) in [5.41, 5.74) is 7.41. The van der Waals surface area contributed by atoms with Gasteiger partial charge in [-0.1, -0.05) is 30.3 Å². The maximum atomic E-state index is 5.99. The molecule has 2 heteroatoms. The van der Waals surface area contributed by atoms with Gasteiger partial charge in [0.15, 0.2) is 0 Å². The summed E-state index contributed by atoms with van der Waals surface area (Å²) in [6.45, 7) is 2.08. The molecule has 3 unspecified atom stereocenters. The first-order chi connectivity index (χ1) is 8.36. The zero-order chi connectivity index (χ0) is 11.7. The Morgan fingerprint density at radius 3 is 2.65 bits per heavy atom. The smallest absolute Gasteiger partial charge is 0.0261 e. The average Bonchev–Trinajstić information content (AvgIpc) is 2.99. The Balaban J connectivity index is 1.68. The lowest BCUT2D eigenvalue weighted by Crippen LogP contribution is -2.46. The van der Waals surface area contributed by atoms with Crippen LogP contribution >= 0.6 is 0 Å². The summed E-state index contributed by atoms with van der Waals surface area (Å²) in [7, 11) is 0. The summed E-state index contributed by atoms with van der Waals surface area (Å²) in [6.07, 6.45) is 5.38. The van der Waals surface area contributed by atoms with Crippen molar-refractivity contribution in [1.29, 1.82) is 0 Å². The largest absolute Gasteiger partial charge is 0.329 e. The Morgan fingerprint density at radius 2 is 2.06 bits per heavy atom. The normalized spacial score (nSPS) is 29.7. The van der Waals surface area contributed by atoms with Crippen LogP contribution in [0.15, 0.2) is 30.3 Å². The highest BCUT2D eigenvalue weighted by atomic mass is 15.2. The van der Waals surface area contributed by atoms with Crippen molar-refractivity contribution in [2.45, 2.75) is 37.8 Å². The molecule has 1 aromatic carbocycles. The molecule has 3 rings (SSSR count). The molecule has 0 spiro atoms. The van der Waals surface area contributed by atoms with Gasteiger partial charge >= 0.3 is 0 Å². The molecule has 1 aliphatic heterocycles. The highest BCUT2D eigenvalue weighted by Gasteiger charge is 2.40. The van der Waals surface area contributed by atoms with Crippen LogP contribution in [0.3, 0.4) is 0 Å². The van der Waals surface area contributed by atoms with Crippen LogP contribution in [-0.2, 0) is 6.42 Å². The highest BCUT2D eigenvalue weighted by Crippen LogP contribution is 2.38. The Morgan fingerprint density at radius 1 is 1.24 bits per heavy atom. The fraction of sp³-hybridized carbons (Fsp3) is 0.600. The topological polar surface area (TPSA) is 29.3 Å². The molecule has 92 valence electrons. The molecule has 2 N–H and O–H groups in total. The summed E-state index contributed by atoms with van der Waals surface area (Å²) in [6, 6.07) is 12.1. The number of nitrogens with two attached hydrogens (primary N) is 1. The van der Waals surface area contributed by atoms with E-state index in [4.69, 9.17) is 5.73 Å².